The third kappa shape index (κ3) is 4.13. The van der Waals surface area contributed by atoms with Crippen LogP contribution in [0.3, 0.4) is 0 Å². The molecule has 1 aromatic heterocycles. The zero-order valence-electron chi connectivity index (χ0n) is 8.69. The van der Waals surface area contributed by atoms with Crippen molar-refractivity contribution in [2.24, 2.45) is 5.73 Å². The molecule has 1 heterocycles. The van der Waals surface area contributed by atoms with Crippen molar-refractivity contribution < 1.29 is 4.74 Å². The van der Waals surface area contributed by atoms with Gasteiger partial charge in [0.15, 0.2) is 0 Å². The predicted octanol–water partition coefficient (Wildman–Crippen LogP) is 1.35. The van der Waals surface area contributed by atoms with Crippen LogP contribution in [-0.4, -0.2) is 22.8 Å². The normalized spacial score (nSPS) is 11.1. The summed E-state index contributed by atoms with van der Waals surface area (Å²) in [6.45, 7) is 5.29. The fourth-order valence-electron chi connectivity index (χ4n) is 0.939. The van der Waals surface area contributed by atoms with E-state index in [1.165, 1.54) is 0 Å². The Morgan fingerprint density at radius 2 is 2.07 bits per heavy atom. The van der Waals surface area contributed by atoms with Crippen molar-refractivity contribution in [3.8, 4) is 0 Å². The van der Waals surface area contributed by atoms with Gasteiger partial charge in [0.1, 0.15) is 16.6 Å². The van der Waals surface area contributed by atoms with Crippen LogP contribution in [0.15, 0.2) is 0 Å². The Morgan fingerprint density at radius 3 is 2.71 bits per heavy atom. The van der Waals surface area contributed by atoms with Gasteiger partial charge in [-0.1, -0.05) is 11.3 Å². The Bertz CT molecular complexity index is 262. The molecule has 0 atom stereocenters. The number of aromatic nitrogens is 2. The first kappa shape index (κ1) is 11.6. The van der Waals surface area contributed by atoms with E-state index in [4.69, 9.17) is 10.5 Å². The molecule has 0 fully saturated rings. The van der Waals surface area contributed by atoms with Gasteiger partial charge in [-0.3, -0.25) is 0 Å². The fraction of sp³-hybridized carbons (Fsp3) is 0.778. The number of nitrogens with two attached hydrogens (primary N) is 1. The fourth-order valence-corrected chi connectivity index (χ4v) is 1.75. The van der Waals surface area contributed by atoms with Crippen LogP contribution in [0.1, 0.15) is 30.3 Å². The summed E-state index contributed by atoms with van der Waals surface area (Å²) in [7, 11) is 0. The van der Waals surface area contributed by atoms with Gasteiger partial charge < -0.3 is 10.5 Å². The predicted molar refractivity (Wildman–Crippen MR) is 57.2 cm³/mol. The monoisotopic (exact) mass is 215 g/mol. The zero-order valence-corrected chi connectivity index (χ0v) is 9.51. The van der Waals surface area contributed by atoms with Gasteiger partial charge in [0.25, 0.3) is 0 Å². The van der Waals surface area contributed by atoms with Gasteiger partial charge in [-0.2, -0.15) is 0 Å². The van der Waals surface area contributed by atoms with Crippen molar-refractivity contribution >= 4 is 11.3 Å². The minimum Gasteiger partial charge on any atom is -0.372 e. The number of hydrogen-bond acceptors (Lipinski definition) is 5. The Morgan fingerprint density at radius 1 is 1.36 bits per heavy atom. The largest absolute Gasteiger partial charge is 0.372 e. The van der Waals surface area contributed by atoms with Crippen molar-refractivity contribution in [2.75, 3.05) is 6.54 Å². The molecule has 0 unspecified atom stereocenters. The molecule has 0 spiro atoms. The minimum absolute atomic E-state index is 0.242. The highest BCUT2D eigenvalue weighted by atomic mass is 32.1. The molecule has 0 aromatic carbocycles. The molecular weight excluding hydrogens is 198 g/mol. The van der Waals surface area contributed by atoms with E-state index >= 15 is 0 Å². The van der Waals surface area contributed by atoms with Crippen molar-refractivity contribution in [2.45, 2.75) is 39.4 Å². The molecule has 4 nitrogen and oxygen atoms in total. The Balaban J connectivity index is 2.35. The average molecular weight is 215 g/mol. The molecule has 0 aliphatic carbocycles. The maximum absolute atomic E-state index is 5.43. The molecule has 1 aromatic rings. The van der Waals surface area contributed by atoms with Crippen LogP contribution in [-0.2, 0) is 17.8 Å². The van der Waals surface area contributed by atoms with Crippen molar-refractivity contribution in [3.05, 3.63) is 10.0 Å². The highest BCUT2D eigenvalue weighted by Crippen LogP contribution is 2.12. The van der Waals surface area contributed by atoms with E-state index in [9.17, 15) is 0 Å². The molecule has 14 heavy (non-hydrogen) atoms. The van der Waals surface area contributed by atoms with Crippen LogP contribution in [0.5, 0.6) is 0 Å². The molecule has 0 saturated heterocycles. The second-order valence-corrected chi connectivity index (χ2v) is 4.49. The Hall–Kier alpha value is -0.520. The van der Waals surface area contributed by atoms with E-state index in [1.807, 2.05) is 13.8 Å². The summed E-state index contributed by atoms with van der Waals surface area (Å²) in [5.74, 6) is 0. The first-order valence-corrected chi connectivity index (χ1v) is 5.67. The van der Waals surface area contributed by atoms with E-state index in [-0.39, 0.29) is 6.10 Å². The molecule has 0 aliphatic rings. The summed E-state index contributed by atoms with van der Waals surface area (Å²) in [5.41, 5.74) is 5.41. The Kier molecular flexibility index (Phi) is 5.00. The molecule has 5 heteroatoms. The van der Waals surface area contributed by atoms with Crippen LogP contribution in [0, 0.1) is 0 Å². The van der Waals surface area contributed by atoms with Gasteiger partial charge in [0.05, 0.1) is 6.10 Å². The van der Waals surface area contributed by atoms with Crippen LogP contribution < -0.4 is 5.73 Å². The highest BCUT2D eigenvalue weighted by molar-refractivity contribution is 7.11. The first-order chi connectivity index (χ1) is 6.72. The first-order valence-electron chi connectivity index (χ1n) is 4.85. The molecule has 0 radical (unpaired) electrons. The molecule has 0 bridgehead atoms. The number of ether oxygens (including phenoxy) is 1. The topological polar surface area (TPSA) is 61.0 Å². The molecule has 80 valence electrons. The maximum atomic E-state index is 5.43. The van der Waals surface area contributed by atoms with Crippen molar-refractivity contribution in [1.29, 1.82) is 0 Å². The van der Waals surface area contributed by atoms with Crippen LogP contribution in [0.2, 0.25) is 0 Å². The average Bonchev–Trinajstić information content (AvgIpc) is 2.59. The van der Waals surface area contributed by atoms with E-state index in [0.29, 0.717) is 13.2 Å². The number of hydrogen-bond donors (Lipinski definition) is 1. The quantitative estimate of drug-likeness (QED) is 0.778. The number of rotatable bonds is 6. The summed E-state index contributed by atoms with van der Waals surface area (Å²) in [6.07, 6.45) is 2.14. The number of nitrogens with zero attached hydrogens (tertiary/aromatic N) is 2. The summed E-state index contributed by atoms with van der Waals surface area (Å²) < 4.78 is 5.43. The molecule has 0 amide bonds. The second-order valence-electron chi connectivity index (χ2n) is 3.34. The molecule has 0 saturated carbocycles. The van der Waals surface area contributed by atoms with Gasteiger partial charge >= 0.3 is 0 Å². The van der Waals surface area contributed by atoms with Crippen LogP contribution in [0.4, 0.5) is 0 Å². The lowest BCUT2D eigenvalue weighted by Gasteiger charge is -2.03. The van der Waals surface area contributed by atoms with Crippen LogP contribution >= 0.6 is 11.3 Å². The third-order valence-electron chi connectivity index (χ3n) is 1.64. The summed E-state index contributed by atoms with van der Waals surface area (Å²) in [5, 5.41) is 10.1. The molecule has 0 aliphatic heterocycles. The Labute approximate surface area is 88.5 Å². The number of aryl methyl sites for hydroxylation is 1. The zero-order chi connectivity index (χ0) is 10.4. The van der Waals surface area contributed by atoms with Gasteiger partial charge in [-0.05, 0) is 26.8 Å². The third-order valence-corrected chi connectivity index (χ3v) is 2.60. The molecule has 1 rings (SSSR count). The van der Waals surface area contributed by atoms with Crippen molar-refractivity contribution in [1.82, 2.24) is 10.2 Å². The molecule has 2 N–H and O–H groups in total. The van der Waals surface area contributed by atoms with Gasteiger partial charge in [-0.15, -0.1) is 10.2 Å². The summed E-state index contributed by atoms with van der Waals surface area (Å²) in [6, 6.07) is 0. The highest BCUT2D eigenvalue weighted by Gasteiger charge is 2.04. The summed E-state index contributed by atoms with van der Waals surface area (Å²) >= 11 is 1.61. The van der Waals surface area contributed by atoms with E-state index in [2.05, 4.69) is 10.2 Å². The van der Waals surface area contributed by atoms with E-state index < -0.39 is 0 Å². The summed E-state index contributed by atoms with van der Waals surface area (Å²) in [4.78, 5) is 0. The van der Waals surface area contributed by atoms with Crippen molar-refractivity contribution in [3.63, 3.8) is 0 Å². The van der Waals surface area contributed by atoms with Gasteiger partial charge in [0.2, 0.25) is 0 Å². The lowest BCUT2D eigenvalue weighted by atomic mass is 10.3. The van der Waals surface area contributed by atoms with Gasteiger partial charge in [0, 0.05) is 6.42 Å². The smallest absolute Gasteiger partial charge is 0.143 e. The van der Waals surface area contributed by atoms with E-state index in [0.717, 1.165) is 22.9 Å². The SMILES string of the molecule is CC(C)OCc1nnc(CCCN)s1. The van der Waals surface area contributed by atoms with Crippen LogP contribution in [0.25, 0.3) is 0 Å². The molecular formula is C9H17N3OS. The lowest BCUT2D eigenvalue weighted by molar-refractivity contribution is 0.0652. The maximum Gasteiger partial charge on any atom is 0.143 e. The second kappa shape index (κ2) is 6.06. The standard InChI is InChI=1S/C9H17N3OS/c1-7(2)13-6-9-12-11-8(14-9)4-3-5-10/h7H,3-6,10H2,1-2H3. The lowest BCUT2D eigenvalue weighted by Crippen LogP contribution is -2.01. The van der Waals surface area contributed by atoms with E-state index in [1.54, 1.807) is 11.3 Å². The minimum atomic E-state index is 0.242. The van der Waals surface area contributed by atoms with Gasteiger partial charge in [-0.25, -0.2) is 0 Å².